The van der Waals surface area contributed by atoms with Crippen LogP contribution in [0.4, 0.5) is 0 Å². The van der Waals surface area contributed by atoms with E-state index in [1.165, 1.54) is 17.5 Å². The van der Waals surface area contributed by atoms with Crippen LogP contribution in [0.5, 0.6) is 0 Å². The molecule has 0 spiro atoms. The van der Waals surface area contributed by atoms with Gasteiger partial charge >= 0.3 is 0 Å². The van der Waals surface area contributed by atoms with Gasteiger partial charge in [0, 0.05) is 6.42 Å². The van der Waals surface area contributed by atoms with Crippen molar-refractivity contribution in [2.75, 3.05) is 0 Å². The number of aryl methyl sites for hydroxylation is 2. The van der Waals surface area contributed by atoms with Crippen LogP contribution in [0.25, 0.3) is 22.2 Å². The second-order valence-electron chi connectivity index (χ2n) is 4.40. The molecule has 0 unspecified atom stereocenters. The topological polar surface area (TPSA) is 38.9 Å². The Labute approximate surface area is 108 Å². The zero-order valence-corrected chi connectivity index (χ0v) is 10.2. The number of hydrogen-bond acceptors (Lipinski definition) is 3. The van der Waals surface area contributed by atoms with Gasteiger partial charge in [-0.25, -0.2) is 9.97 Å². The molecular formula is C14H9ClN2O. The van der Waals surface area contributed by atoms with Crippen molar-refractivity contribution in [3.8, 4) is 11.1 Å². The van der Waals surface area contributed by atoms with Crippen LogP contribution in [0.15, 0.2) is 35.0 Å². The van der Waals surface area contributed by atoms with E-state index in [1.807, 2.05) is 6.07 Å². The molecule has 0 radical (unpaired) electrons. The summed E-state index contributed by atoms with van der Waals surface area (Å²) in [5, 5.41) is 0.381. The summed E-state index contributed by atoms with van der Waals surface area (Å²) in [6.45, 7) is 0. The first kappa shape index (κ1) is 10.1. The maximum atomic E-state index is 6.06. The van der Waals surface area contributed by atoms with Gasteiger partial charge in [0.25, 0.3) is 0 Å². The van der Waals surface area contributed by atoms with E-state index in [0.717, 1.165) is 29.7 Å². The summed E-state index contributed by atoms with van der Waals surface area (Å²) in [7, 11) is 0. The smallest absolute Gasteiger partial charge is 0.190 e. The average Bonchev–Trinajstić information content (AvgIpc) is 2.79. The van der Waals surface area contributed by atoms with Crippen LogP contribution >= 0.6 is 11.6 Å². The van der Waals surface area contributed by atoms with Crippen LogP contribution in [0.2, 0.25) is 5.15 Å². The van der Waals surface area contributed by atoms with E-state index in [0.29, 0.717) is 10.7 Å². The summed E-state index contributed by atoms with van der Waals surface area (Å²) in [6, 6.07) is 8.36. The van der Waals surface area contributed by atoms with Crippen molar-refractivity contribution in [2.24, 2.45) is 0 Å². The Morgan fingerprint density at radius 2 is 2.00 bits per heavy atom. The molecule has 1 aliphatic rings. The molecule has 0 N–H and O–H groups in total. The molecule has 0 bridgehead atoms. The molecule has 4 rings (SSSR count). The standard InChI is InChI=1S/C14H9ClN2O/c15-14-13-12(16-7-17-14)11-9-4-2-1-3-8(9)5-6-10(11)18-13/h1-4,7H,5-6H2. The molecule has 3 aromatic rings. The molecule has 0 fully saturated rings. The summed E-state index contributed by atoms with van der Waals surface area (Å²) in [5.41, 5.74) is 5.03. The van der Waals surface area contributed by atoms with Crippen molar-refractivity contribution < 1.29 is 4.42 Å². The fraction of sp³-hybridized carbons (Fsp3) is 0.143. The second-order valence-corrected chi connectivity index (χ2v) is 4.76. The number of rotatable bonds is 0. The summed E-state index contributed by atoms with van der Waals surface area (Å²) >= 11 is 6.06. The van der Waals surface area contributed by atoms with E-state index < -0.39 is 0 Å². The lowest BCUT2D eigenvalue weighted by molar-refractivity contribution is 0.544. The van der Waals surface area contributed by atoms with Gasteiger partial charge in [-0.15, -0.1) is 0 Å². The van der Waals surface area contributed by atoms with Crippen molar-refractivity contribution >= 4 is 22.7 Å². The summed E-state index contributed by atoms with van der Waals surface area (Å²) in [5.74, 6) is 0.964. The van der Waals surface area contributed by atoms with Crippen molar-refractivity contribution in [1.29, 1.82) is 0 Å². The average molecular weight is 257 g/mol. The van der Waals surface area contributed by atoms with Crippen molar-refractivity contribution in [1.82, 2.24) is 9.97 Å². The maximum absolute atomic E-state index is 6.06. The van der Waals surface area contributed by atoms with E-state index in [4.69, 9.17) is 16.0 Å². The molecule has 0 amide bonds. The van der Waals surface area contributed by atoms with Crippen molar-refractivity contribution in [2.45, 2.75) is 12.8 Å². The normalized spacial score (nSPS) is 13.4. The van der Waals surface area contributed by atoms with Gasteiger partial charge < -0.3 is 4.42 Å². The molecule has 0 atom stereocenters. The van der Waals surface area contributed by atoms with E-state index in [9.17, 15) is 0 Å². The first-order valence-electron chi connectivity index (χ1n) is 5.85. The van der Waals surface area contributed by atoms with E-state index >= 15 is 0 Å². The number of aromatic nitrogens is 2. The first-order chi connectivity index (χ1) is 8.84. The van der Waals surface area contributed by atoms with Crippen molar-refractivity contribution in [3.05, 3.63) is 47.1 Å². The Kier molecular flexibility index (Phi) is 2.00. The van der Waals surface area contributed by atoms with Crippen LogP contribution in [-0.2, 0) is 12.8 Å². The minimum Gasteiger partial charge on any atom is -0.455 e. The Hall–Kier alpha value is -1.87. The maximum Gasteiger partial charge on any atom is 0.190 e. The number of hydrogen-bond donors (Lipinski definition) is 0. The molecule has 1 aromatic carbocycles. The largest absolute Gasteiger partial charge is 0.455 e. The molecule has 0 saturated carbocycles. The molecule has 18 heavy (non-hydrogen) atoms. The SMILES string of the molecule is Clc1ncnc2c3c(oc12)CCc1ccccc1-3. The fourth-order valence-corrected chi connectivity index (χ4v) is 2.78. The number of benzene rings is 1. The summed E-state index contributed by atoms with van der Waals surface area (Å²) < 4.78 is 5.82. The van der Waals surface area contributed by atoms with Gasteiger partial charge in [-0.2, -0.15) is 0 Å². The predicted molar refractivity (Wildman–Crippen MR) is 69.7 cm³/mol. The van der Waals surface area contributed by atoms with Gasteiger partial charge in [-0.05, 0) is 17.5 Å². The van der Waals surface area contributed by atoms with Crippen LogP contribution in [0.3, 0.4) is 0 Å². The third-order valence-electron chi connectivity index (χ3n) is 3.41. The summed E-state index contributed by atoms with van der Waals surface area (Å²) in [4.78, 5) is 8.29. The highest BCUT2D eigenvalue weighted by atomic mass is 35.5. The lowest BCUT2D eigenvalue weighted by Crippen LogP contribution is -2.01. The highest BCUT2D eigenvalue weighted by Gasteiger charge is 2.24. The van der Waals surface area contributed by atoms with Crippen LogP contribution in [0, 0.1) is 0 Å². The Balaban J connectivity index is 2.14. The Morgan fingerprint density at radius 3 is 2.94 bits per heavy atom. The first-order valence-corrected chi connectivity index (χ1v) is 6.22. The molecule has 0 saturated heterocycles. The number of furan rings is 1. The molecule has 3 nitrogen and oxygen atoms in total. The molecule has 2 aromatic heterocycles. The third-order valence-corrected chi connectivity index (χ3v) is 3.68. The quantitative estimate of drug-likeness (QED) is 0.577. The van der Waals surface area contributed by atoms with Gasteiger partial charge in [0.1, 0.15) is 17.6 Å². The lowest BCUT2D eigenvalue weighted by Gasteiger charge is -2.14. The Bertz CT molecular complexity index is 764. The van der Waals surface area contributed by atoms with E-state index in [-0.39, 0.29) is 0 Å². The molecule has 1 aliphatic carbocycles. The zero-order chi connectivity index (χ0) is 12.1. The van der Waals surface area contributed by atoms with Crippen LogP contribution < -0.4 is 0 Å². The van der Waals surface area contributed by atoms with E-state index in [2.05, 4.69) is 28.2 Å². The monoisotopic (exact) mass is 256 g/mol. The molecule has 4 heteroatoms. The number of halogens is 1. The van der Waals surface area contributed by atoms with Gasteiger partial charge in [0.15, 0.2) is 10.7 Å². The zero-order valence-electron chi connectivity index (χ0n) is 9.48. The van der Waals surface area contributed by atoms with Crippen LogP contribution in [-0.4, -0.2) is 9.97 Å². The highest BCUT2D eigenvalue weighted by molar-refractivity contribution is 6.33. The fourth-order valence-electron chi connectivity index (χ4n) is 2.61. The van der Waals surface area contributed by atoms with Gasteiger partial charge in [0.05, 0.1) is 5.56 Å². The van der Waals surface area contributed by atoms with Crippen LogP contribution in [0.1, 0.15) is 11.3 Å². The molecule has 2 heterocycles. The molecular weight excluding hydrogens is 248 g/mol. The van der Waals surface area contributed by atoms with E-state index in [1.54, 1.807) is 0 Å². The molecule has 0 aliphatic heterocycles. The Morgan fingerprint density at radius 1 is 1.11 bits per heavy atom. The minimum atomic E-state index is 0.381. The lowest BCUT2D eigenvalue weighted by atomic mass is 9.90. The van der Waals surface area contributed by atoms with Gasteiger partial charge in [-0.1, -0.05) is 35.9 Å². The number of nitrogens with zero attached hydrogens (tertiary/aromatic N) is 2. The second kappa shape index (κ2) is 3.56. The molecule has 88 valence electrons. The summed E-state index contributed by atoms with van der Waals surface area (Å²) in [6.07, 6.45) is 3.37. The minimum absolute atomic E-state index is 0.381. The highest BCUT2D eigenvalue weighted by Crippen LogP contribution is 2.40. The predicted octanol–water partition coefficient (Wildman–Crippen LogP) is 3.64. The third kappa shape index (κ3) is 1.25. The van der Waals surface area contributed by atoms with Gasteiger partial charge in [0.2, 0.25) is 0 Å². The van der Waals surface area contributed by atoms with Crippen molar-refractivity contribution in [3.63, 3.8) is 0 Å². The van der Waals surface area contributed by atoms with Gasteiger partial charge in [-0.3, -0.25) is 0 Å². The number of fused-ring (bicyclic) bond motifs is 5.